The van der Waals surface area contributed by atoms with E-state index < -0.39 is 36.6 Å². The summed E-state index contributed by atoms with van der Waals surface area (Å²) < 4.78 is 38.4. The molecule has 0 N–H and O–H groups in total. The molecular formula is C32H40O6. The molecule has 1 fully saturated rings. The molecule has 0 saturated heterocycles. The van der Waals surface area contributed by atoms with E-state index in [9.17, 15) is 0 Å². The summed E-state index contributed by atoms with van der Waals surface area (Å²) in [6.07, 6.45) is 3.63. The van der Waals surface area contributed by atoms with Crippen LogP contribution in [0.15, 0.2) is 111 Å². The molecule has 2 unspecified atom stereocenters. The molecule has 0 aromatic heterocycles. The number of hydrogen-bond acceptors (Lipinski definition) is 6. The van der Waals surface area contributed by atoms with Gasteiger partial charge in [-0.25, -0.2) is 0 Å². The van der Waals surface area contributed by atoms with Crippen LogP contribution in [0.1, 0.15) is 11.1 Å². The first-order valence-electron chi connectivity index (χ1n) is 12.9. The minimum absolute atomic E-state index is 0.307. The third-order valence-corrected chi connectivity index (χ3v) is 6.14. The molecule has 0 amide bonds. The van der Waals surface area contributed by atoms with Gasteiger partial charge in [0.05, 0.1) is 39.6 Å². The molecule has 6 atom stereocenters. The molecule has 1 saturated carbocycles. The van der Waals surface area contributed by atoms with Crippen LogP contribution in [-0.2, 0) is 41.6 Å². The van der Waals surface area contributed by atoms with Crippen LogP contribution in [0.2, 0.25) is 0 Å². The average molecular weight is 521 g/mol. The maximum atomic E-state index is 6.55. The van der Waals surface area contributed by atoms with Crippen LogP contribution in [0.25, 0.3) is 0 Å². The van der Waals surface area contributed by atoms with Crippen molar-refractivity contribution in [1.82, 2.24) is 0 Å². The molecule has 204 valence electrons. The monoisotopic (exact) mass is 520 g/mol. The van der Waals surface area contributed by atoms with Gasteiger partial charge in [-0.3, -0.25) is 0 Å². The van der Waals surface area contributed by atoms with Gasteiger partial charge < -0.3 is 28.4 Å². The molecule has 0 bridgehead atoms. The lowest BCUT2D eigenvalue weighted by molar-refractivity contribution is -0.279. The Morgan fingerprint density at radius 2 is 0.684 bits per heavy atom. The summed E-state index contributed by atoms with van der Waals surface area (Å²) in [4.78, 5) is 0. The van der Waals surface area contributed by atoms with Crippen molar-refractivity contribution in [2.45, 2.75) is 49.8 Å². The number of rotatable bonds is 18. The van der Waals surface area contributed by atoms with Crippen molar-refractivity contribution in [1.29, 1.82) is 0 Å². The highest BCUT2D eigenvalue weighted by molar-refractivity contribution is 5.15. The largest absolute Gasteiger partial charge is 0.369 e. The maximum Gasteiger partial charge on any atom is 0.116 e. The highest BCUT2D eigenvalue weighted by atomic mass is 16.6. The molecule has 2 aromatic rings. The van der Waals surface area contributed by atoms with Gasteiger partial charge in [-0.2, -0.15) is 0 Å². The molecule has 1 aliphatic rings. The van der Waals surface area contributed by atoms with E-state index in [4.69, 9.17) is 28.4 Å². The smallest absolute Gasteiger partial charge is 0.116 e. The molecule has 0 spiro atoms. The molecule has 6 heteroatoms. The van der Waals surface area contributed by atoms with Crippen molar-refractivity contribution in [3.8, 4) is 0 Å². The van der Waals surface area contributed by atoms with E-state index in [2.05, 4.69) is 26.3 Å². The first-order valence-corrected chi connectivity index (χ1v) is 12.9. The third-order valence-electron chi connectivity index (χ3n) is 6.14. The van der Waals surface area contributed by atoms with E-state index in [0.29, 0.717) is 39.6 Å². The van der Waals surface area contributed by atoms with Crippen LogP contribution >= 0.6 is 0 Å². The Kier molecular flexibility index (Phi) is 13.2. The zero-order valence-corrected chi connectivity index (χ0v) is 22.1. The van der Waals surface area contributed by atoms with Gasteiger partial charge in [0.2, 0.25) is 0 Å². The van der Waals surface area contributed by atoms with E-state index in [1.54, 1.807) is 24.3 Å². The molecule has 6 nitrogen and oxygen atoms in total. The van der Waals surface area contributed by atoms with Crippen LogP contribution in [0.5, 0.6) is 0 Å². The second-order valence-corrected chi connectivity index (χ2v) is 8.87. The molecule has 38 heavy (non-hydrogen) atoms. The van der Waals surface area contributed by atoms with E-state index in [1.807, 2.05) is 60.7 Å². The van der Waals surface area contributed by atoms with Gasteiger partial charge in [0.15, 0.2) is 0 Å². The predicted molar refractivity (Wildman–Crippen MR) is 150 cm³/mol. The molecule has 1 aliphatic carbocycles. The fraction of sp³-hybridized carbons (Fsp3) is 0.375. The van der Waals surface area contributed by atoms with Crippen LogP contribution in [0.4, 0.5) is 0 Å². The summed E-state index contributed by atoms with van der Waals surface area (Å²) in [6, 6.07) is 20.0. The molecule has 3 rings (SSSR count). The second-order valence-electron chi connectivity index (χ2n) is 8.87. The minimum Gasteiger partial charge on any atom is -0.369 e. The lowest BCUT2D eigenvalue weighted by atomic mass is 9.83. The van der Waals surface area contributed by atoms with Gasteiger partial charge in [0, 0.05) is 0 Å². The topological polar surface area (TPSA) is 55.4 Å². The normalized spacial score (nSPS) is 24.9. The SMILES string of the molecule is C=CCOC1[C@@H](OCc2ccccc2)[C@H](OCC=C)C(OCC=C)[C@H](OCC=C)[C@@H]1OCc1ccccc1. The number of hydrogen-bond donors (Lipinski definition) is 0. The number of benzene rings is 2. The first kappa shape index (κ1) is 29.7. The van der Waals surface area contributed by atoms with Gasteiger partial charge >= 0.3 is 0 Å². The molecule has 0 heterocycles. The minimum atomic E-state index is -0.534. The van der Waals surface area contributed by atoms with Gasteiger partial charge in [0.1, 0.15) is 36.6 Å². The summed E-state index contributed by atoms with van der Waals surface area (Å²) >= 11 is 0. The van der Waals surface area contributed by atoms with Crippen molar-refractivity contribution in [2.75, 3.05) is 26.4 Å². The van der Waals surface area contributed by atoms with Crippen molar-refractivity contribution >= 4 is 0 Å². The standard InChI is InChI=1S/C32H40O6/c1-5-19-33-27-28(34-20-6-2)31(37-23-25-15-11-9-12-16-25)30(36-22-8-4)32(29(27)35-21-7-3)38-24-26-17-13-10-14-18-26/h5-18,27-32H,1-4,19-24H2/t27?,28-,29+,30?,31-,32-/m0/s1. The highest BCUT2D eigenvalue weighted by Crippen LogP contribution is 2.35. The number of ether oxygens (including phenoxy) is 6. The quantitative estimate of drug-likeness (QED) is 0.244. The predicted octanol–water partition coefficient (Wildman–Crippen LogP) is 5.46. The molecule has 0 aliphatic heterocycles. The fourth-order valence-electron chi connectivity index (χ4n) is 4.51. The third kappa shape index (κ3) is 8.60. The van der Waals surface area contributed by atoms with E-state index in [0.717, 1.165) is 11.1 Å². The summed E-state index contributed by atoms with van der Waals surface area (Å²) in [5, 5.41) is 0. The van der Waals surface area contributed by atoms with Crippen LogP contribution < -0.4 is 0 Å². The zero-order chi connectivity index (χ0) is 27.0. The van der Waals surface area contributed by atoms with E-state index in [1.165, 1.54) is 0 Å². The van der Waals surface area contributed by atoms with Crippen molar-refractivity contribution in [3.05, 3.63) is 122 Å². The van der Waals surface area contributed by atoms with Gasteiger partial charge in [0.25, 0.3) is 0 Å². The fourth-order valence-corrected chi connectivity index (χ4v) is 4.51. The van der Waals surface area contributed by atoms with Crippen molar-refractivity contribution in [3.63, 3.8) is 0 Å². The van der Waals surface area contributed by atoms with Crippen LogP contribution in [0.3, 0.4) is 0 Å². The summed E-state index contributed by atoms with van der Waals surface area (Å²) in [5.74, 6) is 0. The van der Waals surface area contributed by atoms with Crippen molar-refractivity contribution < 1.29 is 28.4 Å². The Hall–Kier alpha value is -2.84. The Bertz CT molecular complexity index is 895. The van der Waals surface area contributed by atoms with E-state index in [-0.39, 0.29) is 0 Å². The summed E-state index contributed by atoms with van der Waals surface area (Å²) in [6.45, 7) is 17.3. The van der Waals surface area contributed by atoms with Gasteiger partial charge in [-0.05, 0) is 11.1 Å². The zero-order valence-electron chi connectivity index (χ0n) is 22.1. The first-order chi connectivity index (χ1) is 18.7. The average Bonchev–Trinajstić information content (AvgIpc) is 2.96. The Labute approximate surface area is 227 Å². The van der Waals surface area contributed by atoms with Crippen LogP contribution in [0, 0.1) is 0 Å². The van der Waals surface area contributed by atoms with Gasteiger partial charge in [-0.1, -0.05) is 85.0 Å². The van der Waals surface area contributed by atoms with Crippen molar-refractivity contribution in [2.24, 2.45) is 0 Å². The Morgan fingerprint density at radius 1 is 0.421 bits per heavy atom. The van der Waals surface area contributed by atoms with E-state index >= 15 is 0 Å². The second kappa shape index (κ2) is 16.9. The lowest BCUT2D eigenvalue weighted by Crippen LogP contribution is -2.67. The maximum absolute atomic E-state index is 6.55. The van der Waals surface area contributed by atoms with Crippen LogP contribution in [-0.4, -0.2) is 63.1 Å². The molecular weight excluding hydrogens is 480 g/mol. The molecule has 2 aromatic carbocycles. The molecule has 0 radical (unpaired) electrons. The summed E-state index contributed by atoms with van der Waals surface area (Å²) in [5.41, 5.74) is 2.07. The highest BCUT2D eigenvalue weighted by Gasteiger charge is 2.54. The lowest BCUT2D eigenvalue weighted by Gasteiger charge is -2.49. The Balaban J connectivity index is 2.00. The Morgan fingerprint density at radius 3 is 0.947 bits per heavy atom. The summed E-state index contributed by atoms with van der Waals surface area (Å²) in [7, 11) is 0. The van der Waals surface area contributed by atoms with Gasteiger partial charge in [-0.15, -0.1) is 26.3 Å².